The molecule has 22 heavy (non-hydrogen) atoms. The summed E-state index contributed by atoms with van der Waals surface area (Å²) in [7, 11) is 0. The number of nitrogens with zero attached hydrogens (tertiary/aromatic N) is 3. The van der Waals surface area contributed by atoms with Gasteiger partial charge in [-0.15, -0.1) is 0 Å². The molecule has 1 fully saturated rings. The predicted molar refractivity (Wildman–Crippen MR) is 83.8 cm³/mol. The van der Waals surface area contributed by atoms with Crippen molar-refractivity contribution < 1.29 is 9.26 Å². The second kappa shape index (κ2) is 6.77. The zero-order valence-electron chi connectivity index (χ0n) is 12.8. The van der Waals surface area contributed by atoms with E-state index in [-0.39, 0.29) is 12.1 Å². The number of benzene rings is 1. The zero-order chi connectivity index (χ0) is 15.5. The summed E-state index contributed by atoms with van der Waals surface area (Å²) in [5, 5.41) is 4.72. The molecular formula is C16H20ClN3O2. The molecule has 1 saturated heterocycles. The molecule has 2 atom stereocenters. The van der Waals surface area contributed by atoms with Crippen LogP contribution in [-0.4, -0.2) is 34.7 Å². The normalized spacial score (nSPS) is 21.0. The lowest BCUT2D eigenvalue weighted by molar-refractivity contribution is -0.0469. The Bertz CT molecular complexity index is 614. The molecule has 1 aliphatic rings. The highest BCUT2D eigenvalue weighted by Gasteiger charge is 2.28. The van der Waals surface area contributed by atoms with Crippen LogP contribution in [0.2, 0.25) is 5.02 Å². The van der Waals surface area contributed by atoms with Gasteiger partial charge in [-0.1, -0.05) is 35.8 Å². The molecule has 3 rings (SSSR count). The van der Waals surface area contributed by atoms with E-state index in [0.717, 1.165) is 35.9 Å². The van der Waals surface area contributed by atoms with Gasteiger partial charge in [-0.05, 0) is 24.6 Å². The van der Waals surface area contributed by atoms with Crippen LogP contribution in [0.15, 0.2) is 28.8 Å². The third-order valence-corrected chi connectivity index (χ3v) is 4.30. The smallest absolute Gasteiger partial charge is 0.243 e. The van der Waals surface area contributed by atoms with Crippen LogP contribution in [0.5, 0.6) is 0 Å². The number of hydrogen-bond donors (Lipinski definition) is 0. The number of ether oxygens (including phenoxy) is 1. The third-order valence-electron chi connectivity index (χ3n) is 4.04. The van der Waals surface area contributed by atoms with E-state index in [2.05, 4.69) is 22.0 Å². The largest absolute Gasteiger partial charge is 0.371 e. The van der Waals surface area contributed by atoms with Gasteiger partial charge in [0.15, 0.2) is 5.82 Å². The van der Waals surface area contributed by atoms with Crippen molar-refractivity contribution in [2.24, 2.45) is 0 Å². The first-order valence-corrected chi connectivity index (χ1v) is 7.98. The second-order valence-corrected chi connectivity index (χ2v) is 5.92. The lowest BCUT2D eigenvalue weighted by Crippen LogP contribution is -2.40. The Morgan fingerprint density at radius 2 is 2.14 bits per heavy atom. The average Bonchev–Trinajstić information content (AvgIpc) is 3.04. The lowest BCUT2D eigenvalue weighted by atomic mass is 10.1. The topological polar surface area (TPSA) is 51.4 Å². The molecule has 1 aliphatic heterocycles. The number of morpholine rings is 1. The molecule has 0 aliphatic carbocycles. The number of aryl methyl sites for hydroxylation is 1. The summed E-state index contributed by atoms with van der Waals surface area (Å²) in [6, 6.07) is 7.92. The van der Waals surface area contributed by atoms with Gasteiger partial charge in [0.25, 0.3) is 0 Å². The van der Waals surface area contributed by atoms with Crippen LogP contribution in [0.1, 0.15) is 43.3 Å². The van der Waals surface area contributed by atoms with Gasteiger partial charge in [-0.25, -0.2) is 0 Å². The third kappa shape index (κ3) is 3.32. The van der Waals surface area contributed by atoms with Crippen LogP contribution < -0.4 is 0 Å². The zero-order valence-corrected chi connectivity index (χ0v) is 13.6. The maximum atomic E-state index is 5.95. The van der Waals surface area contributed by atoms with Gasteiger partial charge in [0, 0.05) is 24.5 Å². The summed E-state index contributed by atoms with van der Waals surface area (Å²) in [5.41, 5.74) is 1.14. The summed E-state index contributed by atoms with van der Waals surface area (Å²) in [6.07, 6.45) is 0.828. The summed E-state index contributed by atoms with van der Waals surface area (Å²) in [4.78, 5) is 6.75. The highest BCUT2D eigenvalue weighted by Crippen LogP contribution is 2.28. The molecule has 6 heteroatoms. The molecule has 0 unspecified atom stereocenters. The fraction of sp³-hybridized carbons (Fsp3) is 0.500. The Hall–Kier alpha value is -1.43. The minimum absolute atomic E-state index is 0.0435. The summed E-state index contributed by atoms with van der Waals surface area (Å²) in [5.74, 6) is 1.43. The van der Waals surface area contributed by atoms with Gasteiger partial charge in [0.05, 0.1) is 18.8 Å². The van der Waals surface area contributed by atoms with Crippen LogP contribution in [0, 0.1) is 0 Å². The molecule has 1 aromatic carbocycles. The van der Waals surface area contributed by atoms with Crippen molar-refractivity contribution in [3.63, 3.8) is 0 Å². The van der Waals surface area contributed by atoms with Crippen molar-refractivity contribution >= 4 is 11.6 Å². The Labute approximate surface area is 135 Å². The van der Waals surface area contributed by atoms with Gasteiger partial charge < -0.3 is 9.26 Å². The Kier molecular flexibility index (Phi) is 4.76. The van der Waals surface area contributed by atoms with E-state index >= 15 is 0 Å². The molecule has 1 aromatic heterocycles. The van der Waals surface area contributed by atoms with E-state index in [9.17, 15) is 0 Å². The number of rotatable bonds is 4. The van der Waals surface area contributed by atoms with E-state index in [0.29, 0.717) is 12.5 Å². The molecule has 0 spiro atoms. The first kappa shape index (κ1) is 15.5. The van der Waals surface area contributed by atoms with Crippen LogP contribution in [0.4, 0.5) is 0 Å². The van der Waals surface area contributed by atoms with Gasteiger partial charge in [0.1, 0.15) is 0 Å². The molecule has 2 heterocycles. The predicted octanol–water partition coefficient (Wildman–Crippen LogP) is 3.42. The fourth-order valence-electron chi connectivity index (χ4n) is 2.64. The van der Waals surface area contributed by atoms with Crippen molar-refractivity contribution in [3.05, 3.63) is 46.6 Å². The lowest BCUT2D eigenvalue weighted by Gasteiger charge is -2.35. The minimum Gasteiger partial charge on any atom is -0.371 e. The Morgan fingerprint density at radius 1 is 1.36 bits per heavy atom. The number of halogens is 1. The Morgan fingerprint density at radius 3 is 2.82 bits per heavy atom. The highest BCUT2D eigenvalue weighted by atomic mass is 35.5. The van der Waals surface area contributed by atoms with Gasteiger partial charge in [-0.2, -0.15) is 4.98 Å². The second-order valence-electron chi connectivity index (χ2n) is 5.48. The molecule has 5 nitrogen and oxygen atoms in total. The summed E-state index contributed by atoms with van der Waals surface area (Å²) >= 11 is 5.95. The van der Waals surface area contributed by atoms with Crippen molar-refractivity contribution in [3.8, 4) is 0 Å². The average molecular weight is 322 g/mol. The van der Waals surface area contributed by atoms with Crippen LogP contribution in [0.3, 0.4) is 0 Å². The van der Waals surface area contributed by atoms with Crippen LogP contribution in [0.25, 0.3) is 0 Å². The van der Waals surface area contributed by atoms with Crippen molar-refractivity contribution in [1.29, 1.82) is 0 Å². The van der Waals surface area contributed by atoms with Crippen LogP contribution >= 0.6 is 11.6 Å². The molecule has 0 bridgehead atoms. The van der Waals surface area contributed by atoms with Crippen molar-refractivity contribution in [2.45, 2.75) is 32.4 Å². The molecule has 2 aromatic rings. The standard InChI is InChI=1S/C16H20ClN3O2/c1-3-15-18-16(22-19-15)11(2)20-8-9-21-14(10-20)12-4-6-13(17)7-5-12/h4-7,11,14H,3,8-10H2,1-2H3/t11-,14-/m1/s1. The number of hydrogen-bond acceptors (Lipinski definition) is 5. The van der Waals surface area contributed by atoms with Crippen LogP contribution in [-0.2, 0) is 11.2 Å². The SMILES string of the molecule is CCc1noc([C@@H](C)N2CCO[C@@H](c3ccc(Cl)cc3)C2)n1. The maximum Gasteiger partial charge on any atom is 0.243 e. The quantitative estimate of drug-likeness (QED) is 0.863. The molecule has 0 radical (unpaired) electrons. The van der Waals surface area contributed by atoms with E-state index in [1.165, 1.54) is 0 Å². The van der Waals surface area contributed by atoms with Crippen molar-refractivity contribution in [1.82, 2.24) is 15.0 Å². The minimum atomic E-state index is 0.0435. The van der Waals surface area contributed by atoms with E-state index < -0.39 is 0 Å². The molecule has 118 valence electrons. The molecule has 0 saturated carbocycles. The molecule has 0 N–H and O–H groups in total. The first-order valence-electron chi connectivity index (χ1n) is 7.61. The fourth-order valence-corrected chi connectivity index (χ4v) is 2.76. The van der Waals surface area contributed by atoms with E-state index in [1.54, 1.807) is 0 Å². The maximum absolute atomic E-state index is 5.95. The summed E-state index contributed by atoms with van der Waals surface area (Å²) < 4.78 is 11.3. The van der Waals surface area contributed by atoms with Crippen molar-refractivity contribution in [2.75, 3.05) is 19.7 Å². The summed E-state index contributed by atoms with van der Waals surface area (Å²) in [6.45, 7) is 6.45. The molecular weight excluding hydrogens is 302 g/mol. The van der Waals surface area contributed by atoms with Gasteiger partial charge in [-0.3, -0.25) is 4.90 Å². The Balaban J connectivity index is 1.70. The van der Waals surface area contributed by atoms with E-state index in [4.69, 9.17) is 20.9 Å². The van der Waals surface area contributed by atoms with Gasteiger partial charge in [0.2, 0.25) is 5.89 Å². The highest BCUT2D eigenvalue weighted by molar-refractivity contribution is 6.30. The first-order chi connectivity index (χ1) is 10.7. The molecule has 0 amide bonds. The monoisotopic (exact) mass is 321 g/mol. The van der Waals surface area contributed by atoms with E-state index in [1.807, 2.05) is 31.2 Å². The van der Waals surface area contributed by atoms with Gasteiger partial charge >= 0.3 is 0 Å². The number of aromatic nitrogens is 2.